The summed E-state index contributed by atoms with van der Waals surface area (Å²) in [6.07, 6.45) is 4.04. The minimum absolute atomic E-state index is 0.0115. The number of amides is 2. The molecule has 1 aromatic carbocycles. The van der Waals surface area contributed by atoms with Crippen LogP contribution in [0.4, 0.5) is 15.9 Å². The van der Waals surface area contributed by atoms with Gasteiger partial charge in [0.1, 0.15) is 11.6 Å². The molecule has 1 saturated carbocycles. The van der Waals surface area contributed by atoms with Crippen LogP contribution in [0.1, 0.15) is 36.2 Å². The van der Waals surface area contributed by atoms with E-state index in [9.17, 15) is 14.0 Å². The molecule has 1 N–H and O–H groups in total. The SMILES string of the molecule is Cn1nc(C(=O)N2CCN(c3ccc(F)cc3)CC2)cc1NC(=O)C1CCCC1. The highest BCUT2D eigenvalue weighted by Gasteiger charge is 2.27. The van der Waals surface area contributed by atoms with Crippen LogP contribution in [0.2, 0.25) is 0 Å². The van der Waals surface area contributed by atoms with Gasteiger partial charge in [-0.15, -0.1) is 0 Å². The van der Waals surface area contributed by atoms with Crippen molar-refractivity contribution in [1.29, 1.82) is 0 Å². The van der Waals surface area contributed by atoms with Crippen LogP contribution in [0.25, 0.3) is 0 Å². The highest BCUT2D eigenvalue weighted by atomic mass is 19.1. The van der Waals surface area contributed by atoms with Gasteiger partial charge in [0.05, 0.1) is 0 Å². The first-order valence-electron chi connectivity index (χ1n) is 10.2. The molecule has 0 atom stereocenters. The zero-order valence-corrected chi connectivity index (χ0v) is 16.6. The molecule has 2 fully saturated rings. The number of piperazine rings is 1. The van der Waals surface area contributed by atoms with Crippen LogP contribution in [-0.4, -0.2) is 52.7 Å². The Kier molecular flexibility index (Phi) is 5.51. The zero-order chi connectivity index (χ0) is 20.4. The maximum atomic E-state index is 13.1. The van der Waals surface area contributed by atoms with E-state index in [0.29, 0.717) is 37.7 Å². The molecule has 4 rings (SSSR count). The van der Waals surface area contributed by atoms with Crippen molar-refractivity contribution in [2.24, 2.45) is 13.0 Å². The number of carbonyl (C=O) groups is 2. The topological polar surface area (TPSA) is 70.5 Å². The number of rotatable bonds is 4. The number of nitrogens with one attached hydrogen (secondary N) is 1. The second-order valence-electron chi connectivity index (χ2n) is 7.76. The Hall–Kier alpha value is -2.90. The predicted molar refractivity (Wildman–Crippen MR) is 108 cm³/mol. The number of anilines is 2. The molecule has 2 heterocycles. The fraction of sp³-hybridized carbons (Fsp3) is 0.476. The summed E-state index contributed by atoms with van der Waals surface area (Å²) in [6.45, 7) is 2.48. The highest BCUT2D eigenvalue weighted by molar-refractivity contribution is 5.96. The molecule has 2 aromatic rings. The molecule has 0 unspecified atom stereocenters. The first-order valence-corrected chi connectivity index (χ1v) is 10.2. The lowest BCUT2D eigenvalue weighted by Gasteiger charge is -2.35. The number of benzene rings is 1. The largest absolute Gasteiger partial charge is 0.368 e. The van der Waals surface area contributed by atoms with Crippen molar-refractivity contribution in [3.8, 4) is 0 Å². The van der Waals surface area contributed by atoms with E-state index in [4.69, 9.17) is 0 Å². The van der Waals surface area contributed by atoms with Crippen LogP contribution in [0.15, 0.2) is 30.3 Å². The fourth-order valence-electron chi connectivity index (χ4n) is 4.09. The van der Waals surface area contributed by atoms with E-state index in [1.165, 1.54) is 12.1 Å². The third-order valence-corrected chi connectivity index (χ3v) is 5.83. The number of hydrogen-bond donors (Lipinski definition) is 1. The van der Waals surface area contributed by atoms with E-state index < -0.39 is 0 Å². The summed E-state index contributed by atoms with van der Waals surface area (Å²) < 4.78 is 14.7. The lowest BCUT2D eigenvalue weighted by atomic mass is 10.1. The van der Waals surface area contributed by atoms with E-state index >= 15 is 0 Å². The van der Waals surface area contributed by atoms with E-state index in [0.717, 1.165) is 31.4 Å². The summed E-state index contributed by atoms with van der Waals surface area (Å²) in [6, 6.07) is 8.06. The number of nitrogens with zero attached hydrogens (tertiary/aromatic N) is 4. The second-order valence-corrected chi connectivity index (χ2v) is 7.76. The number of aromatic nitrogens is 2. The van der Waals surface area contributed by atoms with E-state index in [1.807, 2.05) is 0 Å². The van der Waals surface area contributed by atoms with Gasteiger partial charge in [0.2, 0.25) is 5.91 Å². The van der Waals surface area contributed by atoms with Crippen molar-refractivity contribution in [2.45, 2.75) is 25.7 Å². The predicted octanol–water partition coefficient (Wildman–Crippen LogP) is 2.65. The summed E-state index contributed by atoms with van der Waals surface area (Å²) in [4.78, 5) is 29.1. The Morgan fingerprint density at radius 2 is 1.72 bits per heavy atom. The van der Waals surface area contributed by atoms with Crippen molar-refractivity contribution in [3.63, 3.8) is 0 Å². The number of carbonyl (C=O) groups excluding carboxylic acids is 2. The third kappa shape index (κ3) is 4.26. The Balaban J connectivity index is 1.36. The average molecular weight is 399 g/mol. The standard InChI is InChI=1S/C21H26FN5O2/c1-25-19(23-20(28)15-4-2-3-5-15)14-18(24-25)21(29)27-12-10-26(11-13-27)17-8-6-16(22)7-9-17/h6-9,14-15H,2-5,10-13H2,1H3,(H,23,28). The van der Waals surface area contributed by atoms with Crippen molar-refractivity contribution < 1.29 is 14.0 Å². The summed E-state index contributed by atoms with van der Waals surface area (Å²) in [5.41, 5.74) is 1.29. The Bertz CT molecular complexity index is 881. The van der Waals surface area contributed by atoms with Crippen molar-refractivity contribution in [2.75, 3.05) is 36.4 Å². The monoisotopic (exact) mass is 399 g/mol. The number of halogens is 1. The molecule has 8 heteroatoms. The molecule has 0 bridgehead atoms. The maximum absolute atomic E-state index is 13.1. The van der Waals surface area contributed by atoms with Gasteiger partial charge in [0, 0.05) is 50.9 Å². The summed E-state index contributed by atoms with van der Waals surface area (Å²) in [5, 5.41) is 7.22. The summed E-state index contributed by atoms with van der Waals surface area (Å²) in [5.74, 6) is 0.227. The van der Waals surface area contributed by atoms with Crippen LogP contribution in [0, 0.1) is 11.7 Å². The molecule has 0 spiro atoms. The van der Waals surface area contributed by atoms with Gasteiger partial charge in [-0.25, -0.2) is 4.39 Å². The van der Waals surface area contributed by atoms with E-state index in [-0.39, 0.29) is 23.5 Å². The molecule has 2 amide bonds. The zero-order valence-electron chi connectivity index (χ0n) is 16.6. The quantitative estimate of drug-likeness (QED) is 0.858. The average Bonchev–Trinajstić information content (AvgIpc) is 3.39. The summed E-state index contributed by atoms with van der Waals surface area (Å²) in [7, 11) is 1.73. The molecule has 2 aliphatic rings. The first kappa shape index (κ1) is 19.4. The van der Waals surface area contributed by atoms with Crippen molar-refractivity contribution in [3.05, 3.63) is 41.8 Å². The van der Waals surface area contributed by atoms with E-state index in [2.05, 4.69) is 15.3 Å². The molecule has 154 valence electrons. The molecular formula is C21H26FN5O2. The minimum Gasteiger partial charge on any atom is -0.368 e. The van der Waals surface area contributed by atoms with Crippen LogP contribution in [0.3, 0.4) is 0 Å². The molecule has 0 radical (unpaired) electrons. The molecule has 7 nitrogen and oxygen atoms in total. The second kappa shape index (κ2) is 8.23. The van der Waals surface area contributed by atoms with Crippen LogP contribution in [0.5, 0.6) is 0 Å². The van der Waals surface area contributed by atoms with Gasteiger partial charge in [-0.2, -0.15) is 5.10 Å². The fourth-order valence-corrected chi connectivity index (χ4v) is 4.09. The first-order chi connectivity index (χ1) is 14.0. The van der Waals surface area contributed by atoms with Gasteiger partial charge in [-0.05, 0) is 37.1 Å². The molecule has 1 aliphatic heterocycles. The summed E-state index contributed by atoms with van der Waals surface area (Å²) >= 11 is 0. The lowest BCUT2D eigenvalue weighted by Crippen LogP contribution is -2.48. The Labute approximate surface area is 169 Å². The normalized spacial score (nSPS) is 17.6. The van der Waals surface area contributed by atoms with Crippen LogP contribution in [-0.2, 0) is 11.8 Å². The Morgan fingerprint density at radius 1 is 1.07 bits per heavy atom. The van der Waals surface area contributed by atoms with Gasteiger partial charge in [0.15, 0.2) is 5.69 Å². The van der Waals surface area contributed by atoms with Crippen molar-refractivity contribution >= 4 is 23.3 Å². The van der Waals surface area contributed by atoms with Gasteiger partial charge >= 0.3 is 0 Å². The van der Waals surface area contributed by atoms with E-state index in [1.54, 1.807) is 34.8 Å². The number of hydrogen-bond acceptors (Lipinski definition) is 4. The van der Waals surface area contributed by atoms with Gasteiger partial charge in [-0.3, -0.25) is 14.3 Å². The van der Waals surface area contributed by atoms with Gasteiger partial charge in [-0.1, -0.05) is 12.8 Å². The van der Waals surface area contributed by atoms with Gasteiger partial charge in [0.25, 0.3) is 5.91 Å². The minimum atomic E-state index is -0.256. The molecule has 1 aliphatic carbocycles. The molecule has 29 heavy (non-hydrogen) atoms. The molecule has 1 aromatic heterocycles. The smallest absolute Gasteiger partial charge is 0.274 e. The Morgan fingerprint density at radius 3 is 2.38 bits per heavy atom. The van der Waals surface area contributed by atoms with Gasteiger partial charge < -0.3 is 15.1 Å². The maximum Gasteiger partial charge on any atom is 0.274 e. The van der Waals surface area contributed by atoms with Crippen LogP contribution < -0.4 is 10.2 Å². The lowest BCUT2D eigenvalue weighted by molar-refractivity contribution is -0.119. The molecule has 1 saturated heterocycles. The van der Waals surface area contributed by atoms with Crippen molar-refractivity contribution in [1.82, 2.24) is 14.7 Å². The van der Waals surface area contributed by atoms with Crippen LogP contribution >= 0.6 is 0 Å². The molecular weight excluding hydrogens is 373 g/mol. The third-order valence-electron chi connectivity index (χ3n) is 5.83. The highest BCUT2D eigenvalue weighted by Crippen LogP contribution is 2.26. The number of aryl methyl sites for hydroxylation is 1.